The molecular weight excluding hydrogens is 521 g/mol. The summed E-state index contributed by atoms with van der Waals surface area (Å²) in [5, 5.41) is 1.69. The van der Waals surface area contributed by atoms with E-state index in [2.05, 4.69) is 5.32 Å². The molecule has 0 fully saturated rings. The molecule has 37 heavy (non-hydrogen) atoms. The predicted molar refractivity (Wildman–Crippen MR) is 124 cm³/mol. The number of ether oxygens (including phenoxy) is 2. The molecule has 0 amide bonds. The highest BCUT2D eigenvalue weighted by molar-refractivity contribution is 6.31. The molecular formula is C26H21ClF5NO4. The Balaban J connectivity index is 1.87. The maximum Gasteiger partial charge on any atom is 0.418 e. The molecule has 1 N–H and O–H groups in total. The molecule has 1 unspecified atom stereocenters. The smallest absolute Gasteiger partial charge is 0.418 e. The summed E-state index contributed by atoms with van der Waals surface area (Å²) in [5.74, 6) is -5.73. The molecule has 1 heterocycles. The number of alkyl halides is 4. The summed E-state index contributed by atoms with van der Waals surface area (Å²) >= 11 is 5.85. The maximum absolute atomic E-state index is 15.2. The van der Waals surface area contributed by atoms with E-state index in [1.807, 2.05) is 24.3 Å². The Bertz CT molecular complexity index is 1310. The first-order valence-corrected chi connectivity index (χ1v) is 11.5. The number of rotatable bonds is 5. The molecule has 4 rings (SSSR count). The van der Waals surface area contributed by atoms with Crippen LogP contribution in [0.5, 0.6) is 0 Å². The summed E-state index contributed by atoms with van der Waals surface area (Å²) in [6.07, 6.45) is -5.10. The summed E-state index contributed by atoms with van der Waals surface area (Å²) in [6.45, 7) is -0.0332. The number of esters is 2. The SMILES string of the molecule is COC(=O)C1=C(CF)NC(C)=C(C(=O)OC2Cc3ccccc3C2)C1c1c(F)ccc(Cl)c1C(F)(F)F. The van der Waals surface area contributed by atoms with Crippen molar-refractivity contribution in [2.45, 2.75) is 38.0 Å². The number of fused-ring (bicyclic) bond motifs is 1. The maximum atomic E-state index is 15.2. The first kappa shape index (κ1) is 26.7. The van der Waals surface area contributed by atoms with Gasteiger partial charge in [0.2, 0.25) is 0 Å². The van der Waals surface area contributed by atoms with Crippen LogP contribution in [0.1, 0.15) is 35.1 Å². The largest absolute Gasteiger partial charge is 0.466 e. The fourth-order valence-corrected chi connectivity index (χ4v) is 5.14. The van der Waals surface area contributed by atoms with Crippen molar-refractivity contribution < 1.29 is 41.0 Å². The predicted octanol–water partition coefficient (Wildman–Crippen LogP) is 5.57. The second-order valence-corrected chi connectivity index (χ2v) is 9.04. The van der Waals surface area contributed by atoms with E-state index in [1.165, 1.54) is 6.92 Å². The number of nitrogens with one attached hydrogen (secondary N) is 1. The number of allylic oxidation sites excluding steroid dienone is 2. The number of dihydropyridines is 1. The number of hydrogen-bond acceptors (Lipinski definition) is 5. The second-order valence-electron chi connectivity index (χ2n) is 8.63. The monoisotopic (exact) mass is 541 g/mol. The third-order valence-corrected chi connectivity index (χ3v) is 6.72. The van der Waals surface area contributed by atoms with E-state index in [9.17, 15) is 27.2 Å². The Labute approximate surface area is 213 Å². The minimum atomic E-state index is -5.17. The molecule has 5 nitrogen and oxygen atoms in total. The molecule has 196 valence electrons. The topological polar surface area (TPSA) is 64.6 Å². The van der Waals surface area contributed by atoms with E-state index >= 15 is 4.39 Å². The van der Waals surface area contributed by atoms with Gasteiger partial charge in [-0.2, -0.15) is 13.2 Å². The summed E-state index contributed by atoms with van der Waals surface area (Å²) in [6, 6.07) is 8.77. The number of methoxy groups -OCH3 is 1. The van der Waals surface area contributed by atoms with Gasteiger partial charge in [0.15, 0.2) is 0 Å². The molecule has 1 atom stereocenters. The van der Waals surface area contributed by atoms with E-state index in [1.54, 1.807) is 0 Å². The van der Waals surface area contributed by atoms with Crippen LogP contribution < -0.4 is 5.32 Å². The summed E-state index contributed by atoms with van der Waals surface area (Å²) in [7, 11) is 0.931. The van der Waals surface area contributed by atoms with Crippen LogP contribution in [0.25, 0.3) is 0 Å². The van der Waals surface area contributed by atoms with Crippen LogP contribution >= 0.6 is 11.6 Å². The summed E-state index contributed by atoms with van der Waals surface area (Å²) < 4.78 is 82.0. The zero-order valence-electron chi connectivity index (χ0n) is 19.6. The van der Waals surface area contributed by atoms with Crippen LogP contribution in [-0.4, -0.2) is 31.8 Å². The third-order valence-electron chi connectivity index (χ3n) is 6.40. The van der Waals surface area contributed by atoms with Gasteiger partial charge < -0.3 is 14.8 Å². The van der Waals surface area contributed by atoms with Gasteiger partial charge in [-0.15, -0.1) is 0 Å². The number of benzene rings is 2. The molecule has 2 aromatic carbocycles. The molecule has 1 aliphatic carbocycles. The molecule has 0 bridgehead atoms. The van der Waals surface area contributed by atoms with Crippen LogP contribution in [0.2, 0.25) is 5.02 Å². The quantitative estimate of drug-likeness (QED) is 0.396. The molecule has 1 aliphatic heterocycles. The van der Waals surface area contributed by atoms with Crippen molar-refractivity contribution in [2.24, 2.45) is 0 Å². The highest BCUT2D eigenvalue weighted by Gasteiger charge is 2.47. The third kappa shape index (κ3) is 4.94. The minimum Gasteiger partial charge on any atom is -0.466 e. The highest BCUT2D eigenvalue weighted by Crippen LogP contribution is 2.48. The second kappa shape index (κ2) is 10.2. The van der Waals surface area contributed by atoms with Gasteiger partial charge in [-0.25, -0.2) is 18.4 Å². The van der Waals surface area contributed by atoms with Gasteiger partial charge in [0.25, 0.3) is 0 Å². The van der Waals surface area contributed by atoms with Crippen molar-refractivity contribution in [1.29, 1.82) is 0 Å². The standard InChI is InChI=1S/C26H21ClF5NO4/c1-12-19(25(35)37-15-9-13-5-3-4-6-14(13)10-15)22(21(24(34)36-2)18(11-28)33-12)20-17(29)8-7-16(27)23(20)26(30,31)32/h3-8,15,22,33H,9-11H2,1-2H3. The van der Waals surface area contributed by atoms with Gasteiger partial charge in [-0.1, -0.05) is 35.9 Å². The lowest BCUT2D eigenvalue weighted by Crippen LogP contribution is -2.36. The first-order valence-electron chi connectivity index (χ1n) is 11.2. The van der Waals surface area contributed by atoms with E-state index in [0.717, 1.165) is 18.2 Å². The van der Waals surface area contributed by atoms with Crippen LogP contribution in [0.3, 0.4) is 0 Å². The fourth-order valence-electron chi connectivity index (χ4n) is 4.87. The van der Waals surface area contributed by atoms with Crippen molar-refractivity contribution in [3.63, 3.8) is 0 Å². The fraction of sp³-hybridized carbons (Fsp3) is 0.308. The number of hydrogen-bond donors (Lipinski definition) is 1. The number of carbonyl (C=O) groups is 2. The molecule has 0 saturated heterocycles. The number of halogens is 6. The van der Waals surface area contributed by atoms with Gasteiger partial charge >= 0.3 is 18.1 Å². The van der Waals surface area contributed by atoms with Crippen LogP contribution in [-0.2, 0) is 38.1 Å². The lowest BCUT2D eigenvalue weighted by molar-refractivity contribution is -0.145. The molecule has 11 heteroatoms. The van der Waals surface area contributed by atoms with Crippen molar-refractivity contribution in [3.05, 3.63) is 92.0 Å². The Morgan fingerprint density at radius 1 is 1.05 bits per heavy atom. The van der Waals surface area contributed by atoms with Gasteiger partial charge in [0, 0.05) is 24.1 Å². The average molecular weight is 542 g/mol. The summed E-state index contributed by atoms with van der Waals surface area (Å²) in [5.41, 5.74) is -2.55. The van der Waals surface area contributed by atoms with Crippen molar-refractivity contribution >= 4 is 23.5 Å². The van der Waals surface area contributed by atoms with E-state index in [-0.39, 0.29) is 5.70 Å². The van der Waals surface area contributed by atoms with Crippen molar-refractivity contribution in [2.75, 3.05) is 13.8 Å². The van der Waals surface area contributed by atoms with Crippen molar-refractivity contribution in [3.8, 4) is 0 Å². The highest BCUT2D eigenvalue weighted by atomic mass is 35.5. The Morgan fingerprint density at radius 3 is 2.22 bits per heavy atom. The van der Waals surface area contributed by atoms with E-state index < -0.39 is 75.6 Å². The van der Waals surface area contributed by atoms with Crippen LogP contribution in [0.15, 0.2) is 58.9 Å². The minimum absolute atomic E-state index is 0.0988. The Kier molecular flexibility index (Phi) is 7.32. The normalized spacial score (nSPS) is 18.0. The van der Waals surface area contributed by atoms with Gasteiger partial charge in [0.1, 0.15) is 18.6 Å². The first-order chi connectivity index (χ1) is 17.5. The average Bonchev–Trinajstić information content (AvgIpc) is 3.25. The molecule has 0 radical (unpaired) electrons. The Morgan fingerprint density at radius 2 is 1.68 bits per heavy atom. The van der Waals surface area contributed by atoms with Crippen LogP contribution in [0, 0.1) is 5.82 Å². The number of carbonyl (C=O) groups excluding carboxylic acids is 2. The lowest BCUT2D eigenvalue weighted by Gasteiger charge is -2.32. The van der Waals surface area contributed by atoms with Gasteiger partial charge in [-0.3, -0.25) is 0 Å². The molecule has 0 spiro atoms. The van der Waals surface area contributed by atoms with Crippen LogP contribution in [0.4, 0.5) is 22.0 Å². The lowest BCUT2D eigenvalue weighted by atomic mass is 9.78. The van der Waals surface area contributed by atoms with E-state index in [4.69, 9.17) is 21.1 Å². The molecule has 0 saturated carbocycles. The van der Waals surface area contributed by atoms with Gasteiger partial charge in [0.05, 0.1) is 40.5 Å². The molecule has 0 aromatic heterocycles. The van der Waals surface area contributed by atoms with E-state index in [0.29, 0.717) is 25.0 Å². The summed E-state index contributed by atoms with van der Waals surface area (Å²) in [4.78, 5) is 26.2. The molecule has 2 aromatic rings. The Hall–Kier alpha value is -3.40. The van der Waals surface area contributed by atoms with Crippen molar-refractivity contribution in [1.82, 2.24) is 5.32 Å². The zero-order valence-corrected chi connectivity index (χ0v) is 20.4. The van der Waals surface area contributed by atoms with Gasteiger partial charge in [-0.05, 0) is 30.2 Å². The molecule has 2 aliphatic rings. The zero-order chi connectivity index (χ0) is 27.1.